The second kappa shape index (κ2) is 10.2. The van der Waals surface area contributed by atoms with Crippen molar-refractivity contribution in [3.63, 3.8) is 0 Å². The van der Waals surface area contributed by atoms with Crippen LogP contribution in [0.4, 0.5) is 4.79 Å². The number of fused-ring (bicyclic) bond motifs is 1. The Labute approximate surface area is 168 Å². The molecule has 1 atom stereocenters. The summed E-state index contributed by atoms with van der Waals surface area (Å²) in [4.78, 5) is 41.3. The zero-order valence-corrected chi connectivity index (χ0v) is 17.3. The molecule has 1 heterocycles. The molecule has 152 valence electrons. The fourth-order valence-electron chi connectivity index (χ4n) is 2.57. The molecule has 0 aliphatic rings. The Bertz CT molecular complexity index is 897. The summed E-state index contributed by atoms with van der Waals surface area (Å²) in [5.41, 5.74) is 0.374. The lowest BCUT2D eigenvalue weighted by Crippen LogP contribution is -2.41. The van der Waals surface area contributed by atoms with Crippen LogP contribution in [0.15, 0.2) is 34.2 Å². The number of carbonyl (C=O) groups excluding carboxylic acids is 2. The molecule has 0 aliphatic heterocycles. The van der Waals surface area contributed by atoms with E-state index in [0.29, 0.717) is 29.2 Å². The Kier molecular flexibility index (Phi) is 8.01. The van der Waals surface area contributed by atoms with E-state index in [1.54, 1.807) is 31.4 Å². The van der Waals surface area contributed by atoms with Crippen LogP contribution in [0.1, 0.15) is 26.8 Å². The van der Waals surface area contributed by atoms with Gasteiger partial charge in [-0.3, -0.25) is 19.5 Å². The number of hydrogen-bond acceptors (Lipinski definition) is 6. The number of urea groups is 1. The molecule has 0 saturated carbocycles. The summed E-state index contributed by atoms with van der Waals surface area (Å²) in [7, 11) is 1.56. The number of thioether (sulfide) groups is 1. The molecule has 8 nitrogen and oxygen atoms in total. The van der Waals surface area contributed by atoms with Crippen molar-refractivity contribution >= 4 is 34.6 Å². The van der Waals surface area contributed by atoms with Crippen LogP contribution in [-0.4, -0.2) is 47.5 Å². The zero-order chi connectivity index (χ0) is 20.7. The summed E-state index contributed by atoms with van der Waals surface area (Å²) >= 11 is 1.11. The molecule has 1 aromatic heterocycles. The minimum absolute atomic E-state index is 0.0421. The van der Waals surface area contributed by atoms with E-state index in [0.717, 1.165) is 11.8 Å². The van der Waals surface area contributed by atoms with Crippen molar-refractivity contribution in [1.29, 1.82) is 0 Å². The number of rotatable bonds is 8. The molecular formula is C19H26N4O4S. The van der Waals surface area contributed by atoms with Crippen LogP contribution in [0.25, 0.3) is 10.9 Å². The molecule has 0 saturated heterocycles. The van der Waals surface area contributed by atoms with Crippen LogP contribution in [0.5, 0.6) is 0 Å². The lowest BCUT2D eigenvalue weighted by molar-refractivity contribution is -0.117. The van der Waals surface area contributed by atoms with Gasteiger partial charge in [0.25, 0.3) is 5.56 Å². The van der Waals surface area contributed by atoms with E-state index in [9.17, 15) is 14.4 Å². The molecule has 0 fully saturated rings. The van der Waals surface area contributed by atoms with Crippen molar-refractivity contribution in [3.05, 3.63) is 34.6 Å². The molecular weight excluding hydrogens is 380 g/mol. The maximum atomic E-state index is 12.9. The second-order valence-corrected chi connectivity index (χ2v) is 7.77. The number of aromatic nitrogens is 2. The van der Waals surface area contributed by atoms with E-state index in [4.69, 9.17) is 4.74 Å². The quantitative estimate of drug-likeness (QED) is 0.515. The average Bonchev–Trinajstić information content (AvgIpc) is 2.65. The van der Waals surface area contributed by atoms with E-state index < -0.39 is 11.9 Å². The van der Waals surface area contributed by atoms with Crippen LogP contribution in [0.2, 0.25) is 0 Å². The van der Waals surface area contributed by atoms with Gasteiger partial charge in [-0.05, 0) is 25.0 Å². The molecule has 2 aromatic rings. The van der Waals surface area contributed by atoms with Crippen molar-refractivity contribution in [2.45, 2.75) is 32.0 Å². The number of methoxy groups -OCH3 is 1. The molecule has 0 radical (unpaired) electrons. The third-order valence-corrected chi connectivity index (χ3v) is 4.83. The van der Waals surface area contributed by atoms with Gasteiger partial charge in [0.05, 0.1) is 29.3 Å². The minimum Gasteiger partial charge on any atom is -0.383 e. The third kappa shape index (κ3) is 5.80. The highest BCUT2D eigenvalue weighted by Crippen LogP contribution is 2.21. The molecule has 1 aromatic carbocycles. The van der Waals surface area contributed by atoms with E-state index in [1.165, 1.54) is 4.57 Å². The molecule has 0 aliphatic carbocycles. The Morgan fingerprint density at radius 1 is 1.25 bits per heavy atom. The summed E-state index contributed by atoms with van der Waals surface area (Å²) in [5.74, 6) is -0.215. The number of nitrogens with zero attached hydrogens (tertiary/aromatic N) is 2. The van der Waals surface area contributed by atoms with Crippen molar-refractivity contribution in [2.24, 2.45) is 5.92 Å². The number of ether oxygens (including phenoxy) is 1. The summed E-state index contributed by atoms with van der Waals surface area (Å²) in [5, 5.41) is 5.82. The first kappa shape index (κ1) is 21.9. The standard InChI is InChI=1S/C19H26N4O4S/c1-12(2)9-20-18(26)22-16(24)11-28-19-21-15-8-6-5-7-14(15)17(25)23(19)13(3)10-27-4/h5-8,12-13H,9-11H2,1-4H3,(H2,20,22,24,26). The first-order chi connectivity index (χ1) is 13.3. The molecule has 9 heteroatoms. The first-order valence-electron chi connectivity index (χ1n) is 9.04. The SMILES string of the molecule is COCC(C)n1c(SCC(=O)NC(=O)NCC(C)C)nc2ccccc2c1=O. The van der Waals surface area contributed by atoms with Crippen molar-refractivity contribution < 1.29 is 14.3 Å². The first-order valence-corrected chi connectivity index (χ1v) is 10.0. The monoisotopic (exact) mass is 406 g/mol. The smallest absolute Gasteiger partial charge is 0.321 e. The molecule has 0 bridgehead atoms. The number of benzene rings is 1. The van der Waals surface area contributed by atoms with E-state index in [1.807, 2.05) is 20.8 Å². The maximum Gasteiger partial charge on any atom is 0.321 e. The number of amides is 3. The highest BCUT2D eigenvalue weighted by atomic mass is 32.2. The van der Waals surface area contributed by atoms with Crippen LogP contribution in [0.3, 0.4) is 0 Å². The number of para-hydroxylation sites is 1. The molecule has 3 amide bonds. The third-order valence-electron chi connectivity index (χ3n) is 3.88. The molecule has 2 rings (SSSR count). The lowest BCUT2D eigenvalue weighted by atomic mass is 10.2. The van der Waals surface area contributed by atoms with Gasteiger partial charge in [0.2, 0.25) is 5.91 Å². The average molecular weight is 407 g/mol. The summed E-state index contributed by atoms with van der Waals surface area (Å²) in [6, 6.07) is 6.28. The van der Waals surface area contributed by atoms with Crippen LogP contribution >= 0.6 is 11.8 Å². The molecule has 0 spiro atoms. The fourth-order valence-corrected chi connectivity index (χ4v) is 3.46. The second-order valence-electron chi connectivity index (χ2n) is 6.83. The van der Waals surface area contributed by atoms with Gasteiger partial charge >= 0.3 is 6.03 Å². The van der Waals surface area contributed by atoms with E-state index in [2.05, 4.69) is 15.6 Å². The Hall–Kier alpha value is -2.39. The summed E-state index contributed by atoms with van der Waals surface area (Å²) < 4.78 is 6.71. The van der Waals surface area contributed by atoms with Crippen LogP contribution in [-0.2, 0) is 9.53 Å². The van der Waals surface area contributed by atoms with Crippen LogP contribution in [0, 0.1) is 5.92 Å². The summed E-state index contributed by atoms with van der Waals surface area (Å²) in [6.07, 6.45) is 0. The van der Waals surface area contributed by atoms with E-state index in [-0.39, 0.29) is 23.3 Å². The van der Waals surface area contributed by atoms with Gasteiger partial charge in [-0.25, -0.2) is 9.78 Å². The minimum atomic E-state index is -0.532. The van der Waals surface area contributed by atoms with Crippen molar-refractivity contribution in [2.75, 3.05) is 26.0 Å². The normalized spacial score (nSPS) is 12.2. The van der Waals surface area contributed by atoms with Crippen LogP contribution < -0.4 is 16.2 Å². The van der Waals surface area contributed by atoms with Crippen molar-refractivity contribution in [1.82, 2.24) is 20.2 Å². The van der Waals surface area contributed by atoms with Gasteiger partial charge in [0.1, 0.15) is 0 Å². The summed E-state index contributed by atoms with van der Waals surface area (Å²) in [6.45, 7) is 6.59. The molecule has 1 unspecified atom stereocenters. The lowest BCUT2D eigenvalue weighted by Gasteiger charge is -2.18. The Morgan fingerprint density at radius 2 is 1.96 bits per heavy atom. The van der Waals surface area contributed by atoms with Gasteiger partial charge in [0.15, 0.2) is 5.16 Å². The number of hydrogen-bond donors (Lipinski definition) is 2. The Morgan fingerprint density at radius 3 is 2.64 bits per heavy atom. The van der Waals surface area contributed by atoms with E-state index >= 15 is 0 Å². The van der Waals surface area contributed by atoms with Gasteiger partial charge in [0, 0.05) is 13.7 Å². The zero-order valence-electron chi connectivity index (χ0n) is 16.5. The maximum absolute atomic E-state index is 12.9. The largest absolute Gasteiger partial charge is 0.383 e. The van der Waals surface area contributed by atoms with Gasteiger partial charge < -0.3 is 10.1 Å². The molecule has 28 heavy (non-hydrogen) atoms. The predicted octanol–water partition coefficient (Wildman–Crippen LogP) is 2.18. The topological polar surface area (TPSA) is 102 Å². The highest BCUT2D eigenvalue weighted by molar-refractivity contribution is 7.99. The predicted molar refractivity (Wildman–Crippen MR) is 110 cm³/mol. The number of nitrogens with one attached hydrogen (secondary N) is 2. The van der Waals surface area contributed by atoms with Gasteiger partial charge in [-0.2, -0.15) is 0 Å². The molecule has 2 N–H and O–H groups in total. The Balaban J connectivity index is 2.18. The van der Waals surface area contributed by atoms with Gasteiger partial charge in [-0.1, -0.05) is 37.7 Å². The van der Waals surface area contributed by atoms with Gasteiger partial charge in [-0.15, -0.1) is 0 Å². The number of imide groups is 1. The highest BCUT2D eigenvalue weighted by Gasteiger charge is 2.18. The van der Waals surface area contributed by atoms with Crippen molar-refractivity contribution in [3.8, 4) is 0 Å². The fraction of sp³-hybridized carbons (Fsp3) is 0.474. The number of carbonyl (C=O) groups is 2.